The van der Waals surface area contributed by atoms with Crippen molar-refractivity contribution in [1.82, 2.24) is 4.98 Å². The number of rotatable bonds is 3. The van der Waals surface area contributed by atoms with E-state index in [1.54, 1.807) is 19.1 Å². The lowest BCUT2D eigenvalue weighted by molar-refractivity contribution is -0.141. The molecule has 0 aromatic carbocycles. The third-order valence-electron chi connectivity index (χ3n) is 2.57. The zero-order valence-corrected chi connectivity index (χ0v) is 10.0. The van der Waals surface area contributed by atoms with Gasteiger partial charge in [0.2, 0.25) is 0 Å². The van der Waals surface area contributed by atoms with Crippen molar-refractivity contribution in [2.75, 3.05) is 11.1 Å². The second-order valence-corrected chi connectivity index (χ2v) is 4.04. The molecule has 1 atom stereocenters. The summed E-state index contributed by atoms with van der Waals surface area (Å²) < 4.78 is 42.8. The maximum Gasteiger partial charge on any atom is 0.433 e. The highest BCUT2D eigenvalue weighted by Crippen LogP contribution is 2.32. The first kappa shape index (κ1) is 13.3. The first-order valence-corrected chi connectivity index (χ1v) is 5.50. The fourth-order valence-electron chi connectivity index (χ4n) is 1.59. The number of nitrogens with one attached hydrogen (secondary N) is 1. The molecule has 0 fully saturated rings. The SMILES string of the molecule is CC(Nc1cc(C(F)(F)F)ncc1N)c1ccco1. The van der Waals surface area contributed by atoms with Crippen LogP contribution in [0.25, 0.3) is 0 Å². The Hall–Kier alpha value is -2.18. The van der Waals surface area contributed by atoms with Crippen LogP contribution >= 0.6 is 0 Å². The van der Waals surface area contributed by atoms with E-state index in [9.17, 15) is 13.2 Å². The molecule has 2 rings (SSSR count). The Kier molecular flexibility index (Phi) is 3.37. The highest BCUT2D eigenvalue weighted by molar-refractivity contribution is 5.66. The monoisotopic (exact) mass is 271 g/mol. The van der Waals surface area contributed by atoms with Crippen LogP contribution in [0.2, 0.25) is 0 Å². The molecule has 0 aliphatic rings. The third-order valence-corrected chi connectivity index (χ3v) is 2.57. The van der Waals surface area contributed by atoms with Crippen molar-refractivity contribution in [2.45, 2.75) is 19.1 Å². The Bertz CT molecular complexity index is 552. The van der Waals surface area contributed by atoms with Gasteiger partial charge in [0.15, 0.2) is 0 Å². The molecule has 0 bridgehead atoms. The largest absolute Gasteiger partial charge is 0.467 e. The molecule has 0 aliphatic carbocycles. The van der Waals surface area contributed by atoms with E-state index >= 15 is 0 Å². The lowest BCUT2D eigenvalue weighted by Gasteiger charge is -2.16. The summed E-state index contributed by atoms with van der Waals surface area (Å²) >= 11 is 0. The van der Waals surface area contributed by atoms with E-state index in [0.29, 0.717) is 5.76 Å². The first-order chi connectivity index (χ1) is 8.88. The second-order valence-electron chi connectivity index (χ2n) is 4.04. The molecule has 0 amide bonds. The van der Waals surface area contributed by atoms with Crippen molar-refractivity contribution in [3.8, 4) is 0 Å². The molecule has 0 aliphatic heterocycles. The van der Waals surface area contributed by atoms with Crippen molar-refractivity contribution in [3.05, 3.63) is 42.1 Å². The maximum absolute atomic E-state index is 12.6. The molecule has 7 heteroatoms. The van der Waals surface area contributed by atoms with E-state index in [2.05, 4.69) is 10.3 Å². The zero-order valence-electron chi connectivity index (χ0n) is 10.0. The molecular formula is C12H12F3N3O. The van der Waals surface area contributed by atoms with E-state index in [-0.39, 0.29) is 17.4 Å². The van der Waals surface area contributed by atoms with Crippen molar-refractivity contribution < 1.29 is 17.6 Å². The molecule has 0 saturated heterocycles. The van der Waals surface area contributed by atoms with Gasteiger partial charge in [0.25, 0.3) is 0 Å². The van der Waals surface area contributed by atoms with Crippen molar-refractivity contribution in [3.63, 3.8) is 0 Å². The number of aromatic nitrogens is 1. The highest BCUT2D eigenvalue weighted by atomic mass is 19.4. The smallest absolute Gasteiger partial charge is 0.433 e. The number of alkyl halides is 3. The molecular weight excluding hydrogens is 259 g/mol. The van der Waals surface area contributed by atoms with Crippen LogP contribution in [0.4, 0.5) is 24.5 Å². The minimum Gasteiger partial charge on any atom is -0.467 e. The Morgan fingerprint density at radius 2 is 2.16 bits per heavy atom. The van der Waals surface area contributed by atoms with Crippen LogP contribution in [0.15, 0.2) is 35.1 Å². The summed E-state index contributed by atoms with van der Waals surface area (Å²) in [5, 5.41) is 2.87. The van der Waals surface area contributed by atoms with Crippen molar-refractivity contribution in [1.29, 1.82) is 0 Å². The van der Waals surface area contributed by atoms with Gasteiger partial charge in [0.1, 0.15) is 11.5 Å². The number of pyridine rings is 1. The molecule has 102 valence electrons. The Morgan fingerprint density at radius 3 is 2.74 bits per heavy atom. The van der Waals surface area contributed by atoms with Crippen LogP contribution in [0.5, 0.6) is 0 Å². The van der Waals surface area contributed by atoms with Gasteiger partial charge in [-0.05, 0) is 25.1 Å². The fourth-order valence-corrected chi connectivity index (χ4v) is 1.59. The average molecular weight is 271 g/mol. The standard InChI is InChI=1S/C12H12F3N3O/c1-7(10-3-2-4-19-10)18-9-5-11(12(13,14)15)17-6-8(9)16/h2-7H,16H2,1H3,(H,17,18). The fraction of sp³-hybridized carbons (Fsp3) is 0.250. The maximum atomic E-state index is 12.6. The quantitative estimate of drug-likeness (QED) is 0.897. The Balaban J connectivity index is 2.25. The molecule has 0 spiro atoms. The summed E-state index contributed by atoms with van der Waals surface area (Å²) in [6.07, 6.45) is -2.03. The van der Waals surface area contributed by atoms with Crippen LogP contribution in [0, 0.1) is 0 Å². The zero-order chi connectivity index (χ0) is 14.0. The molecule has 4 nitrogen and oxygen atoms in total. The molecule has 3 N–H and O–H groups in total. The molecule has 0 saturated carbocycles. The van der Waals surface area contributed by atoms with E-state index in [0.717, 1.165) is 12.3 Å². The van der Waals surface area contributed by atoms with Crippen LogP contribution < -0.4 is 11.1 Å². The van der Waals surface area contributed by atoms with Gasteiger partial charge >= 0.3 is 6.18 Å². The van der Waals surface area contributed by atoms with Gasteiger partial charge < -0.3 is 15.5 Å². The molecule has 2 aromatic heterocycles. The highest BCUT2D eigenvalue weighted by Gasteiger charge is 2.33. The minimum absolute atomic E-state index is 0.145. The number of hydrogen-bond acceptors (Lipinski definition) is 4. The van der Waals surface area contributed by atoms with Gasteiger partial charge in [0, 0.05) is 0 Å². The summed E-state index contributed by atoms with van der Waals surface area (Å²) in [7, 11) is 0. The lowest BCUT2D eigenvalue weighted by Crippen LogP contribution is -2.12. The van der Waals surface area contributed by atoms with Crippen molar-refractivity contribution >= 4 is 11.4 Å². The van der Waals surface area contributed by atoms with Crippen LogP contribution in [0.1, 0.15) is 24.4 Å². The minimum atomic E-state index is -4.50. The average Bonchev–Trinajstić information content (AvgIpc) is 2.84. The summed E-state index contributed by atoms with van der Waals surface area (Å²) in [5.74, 6) is 0.602. The van der Waals surface area contributed by atoms with Gasteiger partial charge in [-0.1, -0.05) is 0 Å². The van der Waals surface area contributed by atoms with Crippen molar-refractivity contribution in [2.24, 2.45) is 0 Å². The summed E-state index contributed by atoms with van der Waals surface area (Å²) in [6, 6.07) is 4.00. The van der Waals surface area contributed by atoms with Crippen LogP contribution in [0.3, 0.4) is 0 Å². The number of furan rings is 1. The molecule has 2 heterocycles. The van der Waals surface area contributed by atoms with E-state index < -0.39 is 11.9 Å². The van der Waals surface area contributed by atoms with Gasteiger partial charge in [-0.2, -0.15) is 13.2 Å². The number of anilines is 2. The van der Waals surface area contributed by atoms with Crippen LogP contribution in [-0.4, -0.2) is 4.98 Å². The Morgan fingerprint density at radius 1 is 1.42 bits per heavy atom. The number of nitrogens with two attached hydrogens (primary N) is 1. The molecule has 1 unspecified atom stereocenters. The second kappa shape index (κ2) is 4.83. The molecule has 0 radical (unpaired) electrons. The van der Waals surface area contributed by atoms with Crippen LogP contribution in [-0.2, 0) is 6.18 Å². The van der Waals surface area contributed by atoms with E-state index in [4.69, 9.17) is 10.2 Å². The predicted octanol–water partition coefficient (Wildman–Crippen LogP) is 3.45. The molecule has 2 aromatic rings. The first-order valence-electron chi connectivity index (χ1n) is 5.50. The summed E-state index contributed by atoms with van der Waals surface area (Å²) in [5.41, 5.74) is 4.94. The normalized spacial score (nSPS) is 13.3. The Labute approximate surface area is 107 Å². The predicted molar refractivity (Wildman–Crippen MR) is 64.4 cm³/mol. The summed E-state index contributed by atoms with van der Waals surface area (Å²) in [6.45, 7) is 1.76. The number of nitrogens with zero attached hydrogens (tertiary/aromatic N) is 1. The number of nitrogen functional groups attached to an aromatic ring is 1. The molecule has 19 heavy (non-hydrogen) atoms. The summed E-state index contributed by atoms with van der Waals surface area (Å²) in [4.78, 5) is 3.27. The van der Waals surface area contributed by atoms with E-state index in [1.807, 2.05) is 0 Å². The van der Waals surface area contributed by atoms with Gasteiger partial charge in [-0.15, -0.1) is 0 Å². The number of hydrogen-bond donors (Lipinski definition) is 2. The van der Waals surface area contributed by atoms with Gasteiger partial charge in [-0.25, -0.2) is 4.98 Å². The number of halogens is 3. The lowest BCUT2D eigenvalue weighted by atomic mass is 10.2. The topological polar surface area (TPSA) is 64.1 Å². The van der Waals surface area contributed by atoms with Gasteiger partial charge in [0.05, 0.1) is 29.9 Å². The third kappa shape index (κ3) is 2.98. The van der Waals surface area contributed by atoms with E-state index in [1.165, 1.54) is 6.26 Å². The van der Waals surface area contributed by atoms with Gasteiger partial charge in [-0.3, -0.25) is 0 Å².